The van der Waals surface area contributed by atoms with Crippen molar-refractivity contribution in [3.8, 4) is 12.3 Å². The van der Waals surface area contributed by atoms with Gasteiger partial charge in [-0.2, -0.15) is 0 Å². The maximum atomic E-state index is 6.13. The van der Waals surface area contributed by atoms with E-state index in [-0.39, 0.29) is 0 Å². The second-order valence-corrected chi connectivity index (χ2v) is 5.93. The van der Waals surface area contributed by atoms with Crippen LogP contribution in [-0.4, -0.2) is 11.9 Å². The predicted octanol–water partition coefficient (Wildman–Crippen LogP) is 4.70. The number of terminal acetylenes is 1. The van der Waals surface area contributed by atoms with Gasteiger partial charge in [0.05, 0.1) is 0 Å². The molecular weight excluding hydrogens is 290 g/mol. The van der Waals surface area contributed by atoms with E-state index in [1.54, 1.807) is 0 Å². The first-order valence-corrected chi connectivity index (χ1v) is 8.11. The van der Waals surface area contributed by atoms with Crippen LogP contribution < -0.4 is 0 Å². The largest absolute Gasteiger partial charge is 0.279 e. The summed E-state index contributed by atoms with van der Waals surface area (Å²) in [5.74, 6) is 3.09. The number of benzene rings is 3. The SMILES string of the molecule is C#CC(c1ccccc1)(c1ccccc1)N(C)Cc1ccccc1. The van der Waals surface area contributed by atoms with Crippen LogP contribution in [0.3, 0.4) is 0 Å². The molecule has 3 aromatic rings. The van der Waals surface area contributed by atoms with Gasteiger partial charge in [0.15, 0.2) is 0 Å². The van der Waals surface area contributed by atoms with Gasteiger partial charge in [-0.15, -0.1) is 6.42 Å². The van der Waals surface area contributed by atoms with Crippen molar-refractivity contribution >= 4 is 0 Å². The fraction of sp³-hybridized carbons (Fsp3) is 0.130. The van der Waals surface area contributed by atoms with Crippen molar-refractivity contribution in [3.05, 3.63) is 108 Å². The van der Waals surface area contributed by atoms with Crippen LogP contribution in [0.15, 0.2) is 91.0 Å². The fourth-order valence-electron chi connectivity index (χ4n) is 3.22. The number of hydrogen-bond acceptors (Lipinski definition) is 1. The van der Waals surface area contributed by atoms with Gasteiger partial charge in [0.25, 0.3) is 0 Å². The van der Waals surface area contributed by atoms with E-state index in [0.717, 1.165) is 17.7 Å². The Balaban J connectivity index is 2.10. The van der Waals surface area contributed by atoms with Gasteiger partial charge in [0, 0.05) is 6.54 Å². The second kappa shape index (κ2) is 7.17. The van der Waals surface area contributed by atoms with E-state index < -0.39 is 5.54 Å². The highest BCUT2D eigenvalue weighted by Gasteiger charge is 2.36. The first kappa shape index (κ1) is 16.1. The summed E-state index contributed by atoms with van der Waals surface area (Å²) in [6.07, 6.45) is 6.13. The molecule has 0 spiro atoms. The monoisotopic (exact) mass is 311 g/mol. The Morgan fingerprint density at radius 1 is 0.750 bits per heavy atom. The van der Waals surface area contributed by atoms with E-state index in [1.807, 2.05) is 42.5 Å². The van der Waals surface area contributed by atoms with Gasteiger partial charge in [-0.1, -0.05) is 96.9 Å². The first-order chi connectivity index (χ1) is 11.8. The van der Waals surface area contributed by atoms with Crippen molar-refractivity contribution in [3.63, 3.8) is 0 Å². The molecule has 0 atom stereocenters. The Kier molecular flexibility index (Phi) is 4.79. The van der Waals surface area contributed by atoms with Crippen LogP contribution in [0.4, 0.5) is 0 Å². The zero-order chi connectivity index (χ0) is 16.8. The Morgan fingerprint density at radius 2 is 1.17 bits per heavy atom. The van der Waals surface area contributed by atoms with Crippen molar-refractivity contribution in [1.82, 2.24) is 4.90 Å². The molecule has 1 heteroatoms. The van der Waals surface area contributed by atoms with E-state index in [0.29, 0.717) is 0 Å². The summed E-state index contributed by atoms with van der Waals surface area (Å²) >= 11 is 0. The minimum Gasteiger partial charge on any atom is -0.279 e. The van der Waals surface area contributed by atoms with Gasteiger partial charge >= 0.3 is 0 Å². The Bertz CT molecular complexity index is 761. The molecule has 0 saturated carbocycles. The molecule has 3 aromatic carbocycles. The zero-order valence-electron chi connectivity index (χ0n) is 13.9. The average Bonchev–Trinajstić information content (AvgIpc) is 2.65. The summed E-state index contributed by atoms with van der Waals surface area (Å²) in [5, 5.41) is 0. The van der Waals surface area contributed by atoms with E-state index in [9.17, 15) is 0 Å². The molecule has 1 nitrogen and oxygen atoms in total. The van der Waals surface area contributed by atoms with E-state index in [1.165, 1.54) is 5.56 Å². The molecule has 0 radical (unpaired) electrons. The first-order valence-electron chi connectivity index (χ1n) is 8.11. The highest BCUT2D eigenvalue weighted by atomic mass is 15.2. The molecule has 0 fully saturated rings. The van der Waals surface area contributed by atoms with Gasteiger partial charge in [0.1, 0.15) is 5.54 Å². The quantitative estimate of drug-likeness (QED) is 0.618. The average molecular weight is 311 g/mol. The summed E-state index contributed by atoms with van der Waals surface area (Å²) in [6.45, 7) is 0.773. The van der Waals surface area contributed by atoms with Crippen molar-refractivity contribution < 1.29 is 0 Å². The second-order valence-electron chi connectivity index (χ2n) is 5.93. The lowest BCUT2D eigenvalue weighted by molar-refractivity contribution is 0.208. The lowest BCUT2D eigenvalue weighted by atomic mass is 9.82. The van der Waals surface area contributed by atoms with Gasteiger partial charge in [0.2, 0.25) is 0 Å². The summed E-state index contributed by atoms with van der Waals surface area (Å²) in [4.78, 5) is 2.24. The molecule has 0 aromatic heterocycles. The summed E-state index contributed by atoms with van der Waals surface area (Å²) in [7, 11) is 2.09. The van der Waals surface area contributed by atoms with Gasteiger partial charge in [-0.25, -0.2) is 0 Å². The maximum Gasteiger partial charge on any atom is 0.133 e. The molecule has 118 valence electrons. The molecule has 0 N–H and O–H groups in total. The van der Waals surface area contributed by atoms with Crippen LogP contribution >= 0.6 is 0 Å². The normalized spacial score (nSPS) is 11.2. The molecule has 0 saturated heterocycles. The molecule has 3 rings (SSSR count). The lowest BCUT2D eigenvalue weighted by Gasteiger charge is -2.39. The fourth-order valence-corrected chi connectivity index (χ4v) is 3.22. The molecule has 0 aliphatic rings. The predicted molar refractivity (Wildman–Crippen MR) is 100 cm³/mol. The number of hydrogen-bond donors (Lipinski definition) is 0. The Hall–Kier alpha value is -2.82. The maximum absolute atomic E-state index is 6.13. The molecule has 0 amide bonds. The van der Waals surface area contributed by atoms with E-state index >= 15 is 0 Å². The van der Waals surface area contributed by atoms with Crippen LogP contribution in [0.1, 0.15) is 16.7 Å². The van der Waals surface area contributed by atoms with Crippen LogP contribution in [0.25, 0.3) is 0 Å². The molecule has 0 unspecified atom stereocenters. The molecule has 0 bridgehead atoms. The Labute approximate surface area is 144 Å². The zero-order valence-corrected chi connectivity index (χ0v) is 13.9. The number of rotatable bonds is 5. The molecular formula is C23H21N. The minimum absolute atomic E-state index is 0.599. The molecule has 0 heterocycles. The van der Waals surface area contributed by atoms with E-state index in [4.69, 9.17) is 6.42 Å². The van der Waals surface area contributed by atoms with Crippen molar-refractivity contribution in [2.45, 2.75) is 12.1 Å². The minimum atomic E-state index is -0.599. The third-order valence-electron chi connectivity index (χ3n) is 4.43. The smallest absolute Gasteiger partial charge is 0.133 e. The van der Waals surface area contributed by atoms with Crippen LogP contribution in [-0.2, 0) is 12.1 Å². The number of nitrogens with zero attached hydrogens (tertiary/aromatic N) is 1. The van der Waals surface area contributed by atoms with Gasteiger partial charge < -0.3 is 0 Å². The van der Waals surface area contributed by atoms with Crippen LogP contribution in [0, 0.1) is 12.3 Å². The molecule has 0 aliphatic heterocycles. The highest BCUT2D eigenvalue weighted by molar-refractivity contribution is 5.46. The topological polar surface area (TPSA) is 3.24 Å². The van der Waals surface area contributed by atoms with E-state index in [2.05, 4.69) is 66.4 Å². The van der Waals surface area contributed by atoms with Crippen molar-refractivity contribution in [2.75, 3.05) is 7.05 Å². The van der Waals surface area contributed by atoms with Crippen LogP contribution in [0.2, 0.25) is 0 Å². The standard InChI is InChI=1S/C23H21N/c1-3-23(21-15-9-5-10-16-21,22-17-11-6-12-18-22)24(2)19-20-13-7-4-8-14-20/h1,4-18H,19H2,2H3. The van der Waals surface area contributed by atoms with Crippen molar-refractivity contribution in [2.24, 2.45) is 0 Å². The van der Waals surface area contributed by atoms with Gasteiger partial charge in [-0.3, -0.25) is 4.90 Å². The van der Waals surface area contributed by atoms with Gasteiger partial charge in [-0.05, 0) is 23.7 Å². The molecule has 24 heavy (non-hydrogen) atoms. The summed E-state index contributed by atoms with van der Waals surface area (Å²) < 4.78 is 0. The lowest BCUT2D eigenvalue weighted by Crippen LogP contribution is -2.43. The summed E-state index contributed by atoms with van der Waals surface area (Å²) in [6, 6.07) is 31.1. The summed E-state index contributed by atoms with van der Waals surface area (Å²) in [5.41, 5.74) is 2.86. The highest BCUT2D eigenvalue weighted by Crippen LogP contribution is 2.35. The van der Waals surface area contributed by atoms with Crippen molar-refractivity contribution in [1.29, 1.82) is 0 Å². The molecule has 0 aliphatic carbocycles. The third-order valence-corrected chi connectivity index (χ3v) is 4.43. The Morgan fingerprint density at radius 3 is 1.58 bits per heavy atom. The van der Waals surface area contributed by atoms with Crippen LogP contribution in [0.5, 0.6) is 0 Å². The third kappa shape index (κ3) is 2.97.